The molecule has 2 saturated carbocycles. The first kappa shape index (κ1) is 20.0. The van der Waals surface area contributed by atoms with Gasteiger partial charge in [-0.15, -0.1) is 0 Å². The molecule has 27 heavy (non-hydrogen) atoms. The highest BCUT2D eigenvalue weighted by atomic mass is 32.2. The molecular weight excluding hydrogens is 366 g/mol. The molecule has 0 spiro atoms. The van der Waals surface area contributed by atoms with E-state index in [0.717, 1.165) is 23.0 Å². The van der Waals surface area contributed by atoms with Gasteiger partial charge in [-0.1, -0.05) is 25.2 Å². The van der Waals surface area contributed by atoms with Gasteiger partial charge in [0.05, 0.1) is 12.0 Å². The largest absolute Gasteiger partial charge is 0.288 e. The monoisotopic (exact) mass is 393 g/mol. The Hall–Kier alpha value is -1.77. The van der Waals surface area contributed by atoms with Crippen LogP contribution in [0.5, 0.6) is 0 Å². The number of benzene rings is 1. The Balaban J connectivity index is 1.73. The van der Waals surface area contributed by atoms with Gasteiger partial charge >= 0.3 is 0 Å². The predicted octanol–water partition coefficient (Wildman–Crippen LogP) is 2.80. The van der Waals surface area contributed by atoms with Gasteiger partial charge in [-0.3, -0.25) is 9.63 Å². The maximum atomic E-state index is 12.4. The zero-order valence-electron chi connectivity index (χ0n) is 16.4. The molecule has 2 aliphatic rings. The lowest BCUT2D eigenvalue weighted by Crippen LogP contribution is -2.34. The van der Waals surface area contributed by atoms with Gasteiger partial charge in [-0.05, 0) is 54.9 Å². The molecule has 7 nitrogen and oxygen atoms in total. The van der Waals surface area contributed by atoms with E-state index < -0.39 is 10.0 Å². The lowest BCUT2D eigenvalue weighted by atomic mass is 9.70. The lowest BCUT2D eigenvalue weighted by Gasteiger charge is -2.34. The average Bonchev–Trinajstić information content (AvgIpc) is 2.98. The molecule has 2 fully saturated rings. The third-order valence-electron chi connectivity index (χ3n) is 6.81. The maximum Gasteiger partial charge on any atom is 0.271 e. The molecule has 1 aromatic rings. The molecule has 0 saturated heterocycles. The summed E-state index contributed by atoms with van der Waals surface area (Å²) in [5.74, 6) is 0.260. The van der Waals surface area contributed by atoms with E-state index in [1.807, 2.05) is 0 Å². The summed E-state index contributed by atoms with van der Waals surface area (Å²) in [4.78, 5) is 17.2. The van der Waals surface area contributed by atoms with Crippen molar-refractivity contribution in [3.63, 3.8) is 0 Å². The Bertz CT molecular complexity index is 877. The molecule has 0 aliphatic heterocycles. The number of nitrogens with one attached hydrogen (secondary N) is 1. The number of fused-ring (bicyclic) bond motifs is 2. The number of nitrogens with zero attached hydrogens (tertiary/aromatic N) is 2. The van der Waals surface area contributed by atoms with Crippen molar-refractivity contribution >= 4 is 21.6 Å². The van der Waals surface area contributed by atoms with Crippen molar-refractivity contribution in [3.8, 4) is 0 Å². The van der Waals surface area contributed by atoms with E-state index in [1.165, 1.54) is 44.8 Å². The van der Waals surface area contributed by atoms with Gasteiger partial charge in [-0.25, -0.2) is 13.8 Å². The first-order valence-electron chi connectivity index (χ1n) is 9.04. The third kappa shape index (κ3) is 3.09. The fourth-order valence-electron chi connectivity index (χ4n) is 4.31. The predicted molar refractivity (Wildman–Crippen MR) is 103 cm³/mol. The molecule has 1 amide bonds. The Morgan fingerprint density at radius 1 is 1.26 bits per heavy atom. The summed E-state index contributed by atoms with van der Waals surface area (Å²) in [6.45, 7) is 6.80. The number of hydrazone groups is 1. The molecule has 0 unspecified atom stereocenters. The minimum Gasteiger partial charge on any atom is -0.288 e. The maximum absolute atomic E-state index is 12.4. The molecule has 2 bridgehead atoms. The van der Waals surface area contributed by atoms with Crippen LogP contribution in [0.25, 0.3) is 0 Å². The molecule has 1 N–H and O–H groups in total. The second-order valence-electron chi connectivity index (χ2n) is 8.11. The van der Waals surface area contributed by atoms with Crippen molar-refractivity contribution in [2.75, 3.05) is 14.2 Å². The zero-order chi connectivity index (χ0) is 20.0. The van der Waals surface area contributed by atoms with Crippen LogP contribution < -0.4 is 5.43 Å². The van der Waals surface area contributed by atoms with Crippen LogP contribution in [0.4, 0.5) is 0 Å². The van der Waals surface area contributed by atoms with Crippen LogP contribution in [-0.2, 0) is 14.9 Å². The number of sulfonamides is 1. The topological polar surface area (TPSA) is 88.1 Å². The highest BCUT2D eigenvalue weighted by Crippen LogP contribution is 2.63. The second kappa shape index (κ2) is 6.68. The van der Waals surface area contributed by atoms with E-state index in [4.69, 9.17) is 4.84 Å². The average molecular weight is 394 g/mol. The first-order chi connectivity index (χ1) is 12.5. The van der Waals surface area contributed by atoms with Crippen LogP contribution in [0.15, 0.2) is 34.3 Å². The Morgan fingerprint density at radius 2 is 1.89 bits per heavy atom. The van der Waals surface area contributed by atoms with E-state index in [-0.39, 0.29) is 21.6 Å². The number of hydrogen-bond donors (Lipinski definition) is 1. The number of hydroxylamine groups is 1. The van der Waals surface area contributed by atoms with Crippen molar-refractivity contribution < 1.29 is 18.0 Å². The minimum absolute atomic E-state index is 0.0214. The first-order valence-corrected chi connectivity index (χ1v) is 10.5. The van der Waals surface area contributed by atoms with Crippen LogP contribution in [0.1, 0.15) is 50.4 Å². The summed E-state index contributed by atoms with van der Waals surface area (Å²) in [5.41, 5.74) is 4.27. The summed E-state index contributed by atoms with van der Waals surface area (Å²) < 4.78 is 25.2. The molecule has 1 aromatic carbocycles. The van der Waals surface area contributed by atoms with Crippen molar-refractivity contribution in [2.45, 2.75) is 44.9 Å². The third-order valence-corrected chi connectivity index (χ3v) is 8.51. The quantitative estimate of drug-likeness (QED) is 0.779. The highest BCUT2D eigenvalue weighted by molar-refractivity contribution is 7.89. The molecule has 3 rings (SSSR count). The van der Waals surface area contributed by atoms with Crippen LogP contribution in [0.2, 0.25) is 0 Å². The molecule has 8 heteroatoms. The summed E-state index contributed by atoms with van der Waals surface area (Å²) in [5, 5.41) is 4.43. The molecule has 0 radical (unpaired) electrons. The van der Waals surface area contributed by atoms with Crippen LogP contribution in [0, 0.1) is 16.7 Å². The van der Waals surface area contributed by atoms with E-state index >= 15 is 0 Å². The van der Waals surface area contributed by atoms with Gasteiger partial charge in [-0.2, -0.15) is 5.10 Å². The van der Waals surface area contributed by atoms with Gasteiger partial charge in [0, 0.05) is 23.7 Å². The standard InChI is InChI=1S/C19H27N3O4S/c1-18(2)14-10-11-19(18,3)16(12-14)20-21-17(23)13-6-8-15(9-7-13)27(24,25)22(4)26-5/h6-9,14H,10-12H2,1-5H3,(H,21,23)/b20-16-/t14-,19+/m0/s1. The Morgan fingerprint density at radius 3 is 2.37 bits per heavy atom. The number of carbonyl (C=O) groups is 1. The molecular formula is C19H27N3O4S. The fourth-order valence-corrected chi connectivity index (χ4v) is 5.28. The SMILES string of the molecule is CON(C)S(=O)(=O)c1ccc(C(=O)N/N=C2/C[C@@H]3CC[C@@]2(C)C3(C)C)cc1. The fraction of sp³-hybridized carbons (Fsp3) is 0.579. The number of hydrogen-bond acceptors (Lipinski definition) is 5. The van der Waals surface area contributed by atoms with E-state index in [1.54, 1.807) is 0 Å². The van der Waals surface area contributed by atoms with Crippen LogP contribution in [-0.4, -0.2) is 38.7 Å². The van der Waals surface area contributed by atoms with E-state index in [9.17, 15) is 13.2 Å². The lowest BCUT2D eigenvalue weighted by molar-refractivity contribution is -0.0258. The van der Waals surface area contributed by atoms with Crippen molar-refractivity contribution in [1.29, 1.82) is 0 Å². The van der Waals surface area contributed by atoms with E-state index in [2.05, 4.69) is 31.3 Å². The summed E-state index contributed by atoms with van der Waals surface area (Å²) in [6.07, 6.45) is 3.23. The smallest absolute Gasteiger partial charge is 0.271 e. The Kier molecular flexibility index (Phi) is 4.95. The molecule has 0 heterocycles. The molecule has 2 atom stereocenters. The van der Waals surface area contributed by atoms with Crippen LogP contribution in [0.3, 0.4) is 0 Å². The van der Waals surface area contributed by atoms with Crippen molar-refractivity contribution in [2.24, 2.45) is 21.8 Å². The summed E-state index contributed by atoms with van der Waals surface area (Å²) in [6, 6.07) is 5.71. The van der Waals surface area contributed by atoms with Gasteiger partial charge in [0.15, 0.2) is 0 Å². The Labute approximate surface area is 160 Å². The molecule has 2 aliphatic carbocycles. The second-order valence-corrected chi connectivity index (χ2v) is 10.1. The highest BCUT2D eigenvalue weighted by Gasteiger charge is 2.60. The van der Waals surface area contributed by atoms with Gasteiger partial charge in [0.25, 0.3) is 15.9 Å². The number of carbonyl (C=O) groups excluding carboxylic acids is 1. The molecule has 148 valence electrons. The normalized spacial score (nSPS) is 28.1. The van der Waals surface area contributed by atoms with Gasteiger partial charge < -0.3 is 0 Å². The number of amides is 1. The summed E-state index contributed by atoms with van der Waals surface area (Å²) >= 11 is 0. The van der Waals surface area contributed by atoms with Gasteiger partial charge in [0.1, 0.15) is 0 Å². The van der Waals surface area contributed by atoms with Crippen LogP contribution >= 0.6 is 0 Å². The summed E-state index contributed by atoms with van der Waals surface area (Å²) in [7, 11) is -1.15. The minimum atomic E-state index is -3.73. The van der Waals surface area contributed by atoms with Crippen molar-refractivity contribution in [3.05, 3.63) is 29.8 Å². The number of rotatable bonds is 5. The van der Waals surface area contributed by atoms with E-state index in [0.29, 0.717) is 11.5 Å². The molecule has 0 aromatic heterocycles. The van der Waals surface area contributed by atoms with Gasteiger partial charge in [0.2, 0.25) is 0 Å². The van der Waals surface area contributed by atoms with Crippen molar-refractivity contribution in [1.82, 2.24) is 9.89 Å². The zero-order valence-corrected chi connectivity index (χ0v) is 17.3.